The van der Waals surface area contributed by atoms with Crippen LogP contribution in [0.1, 0.15) is 11.1 Å². The third kappa shape index (κ3) is 3.05. The summed E-state index contributed by atoms with van der Waals surface area (Å²) >= 11 is 0. The van der Waals surface area contributed by atoms with E-state index in [1.807, 2.05) is 66.9 Å². The highest BCUT2D eigenvalue weighted by Gasteiger charge is 2.27. The summed E-state index contributed by atoms with van der Waals surface area (Å²) in [4.78, 5) is 4.98. The predicted molar refractivity (Wildman–Crippen MR) is 112 cm³/mol. The lowest BCUT2D eigenvalue weighted by Gasteiger charge is -2.20. The van der Waals surface area contributed by atoms with Crippen LogP contribution in [0.25, 0.3) is 16.9 Å². The van der Waals surface area contributed by atoms with Gasteiger partial charge >= 0.3 is 0 Å². The fourth-order valence-corrected chi connectivity index (χ4v) is 4.41. The van der Waals surface area contributed by atoms with Gasteiger partial charge in [0.15, 0.2) is 5.82 Å². The summed E-state index contributed by atoms with van der Waals surface area (Å²) in [5, 5.41) is 0. The van der Waals surface area contributed by atoms with Crippen molar-refractivity contribution in [1.29, 1.82) is 0 Å². The molecule has 0 unspecified atom stereocenters. The molecule has 5 nitrogen and oxygen atoms in total. The normalized spacial score (nSPS) is 11.7. The molecule has 0 aliphatic carbocycles. The first-order valence-electron chi connectivity index (χ1n) is 8.97. The number of hydrogen-bond donors (Lipinski definition) is 0. The van der Waals surface area contributed by atoms with Gasteiger partial charge in [-0.25, -0.2) is 13.4 Å². The van der Waals surface area contributed by atoms with Gasteiger partial charge in [0.25, 0.3) is 10.0 Å². The molecule has 0 aliphatic heterocycles. The molecule has 0 amide bonds. The first-order chi connectivity index (χ1) is 13.4. The lowest BCUT2D eigenvalue weighted by molar-refractivity contribution is 0.594. The highest BCUT2D eigenvalue weighted by atomic mass is 32.2. The Kier molecular flexibility index (Phi) is 4.43. The number of sulfonamides is 1. The number of pyridine rings is 1. The molecule has 0 atom stereocenters. The molecule has 2 aromatic carbocycles. The third-order valence-corrected chi connectivity index (χ3v) is 6.53. The summed E-state index contributed by atoms with van der Waals surface area (Å²) in [5.41, 5.74) is 4.23. The molecule has 2 heterocycles. The highest BCUT2D eigenvalue weighted by molar-refractivity contribution is 7.92. The predicted octanol–water partition coefficient (Wildman–Crippen LogP) is 4.44. The van der Waals surface area contributed by atoms with Crippen LogP contribution in [0.3, 0.4) is 0 Å². The number of nitrogens with zero attached hydrogens (tertiary/aromatic N) is 3. The fraction of sp³-hybridized carbons (Fsp3) is 0.136. The second kappa shape index (κ2) is 6.80. The first kappa shape index (κ1) is 18.3. The van der Waals surface area contributed by atoms with Crippen molar-refractivity contribution in [2.45, 2.75) is 18.7 Å². The van der Waals surface area contributed by atoms with Crippen LogP contribution >= 0.6 is 0 Å². The summed E-state index contributed by atoms with van der Waals surface area (Å²) in [7, 11) is -2.16. The minimum atomic E-state index is -3.74. The number of rotatable bonds is 4. The van der Waals surface area contributed by atoms with Crippen molar-refractivity contribution in [3.8, 4) is 11.3 Å². The van der Waals surface area contributed by atoms with Crippen LogP contribution in [0.4, 0.5) is 5.82 Å². The van der Waals surface area contributed by atoms with E-state index in [4.69, 9.17) is 4.98 Å². The number of hydrogen-bond acceptors (Lipinski definition) is 3. The van der Waals surface area contributed by atoms with E-state index in [1.54, 1.807) is 31.3 Å². The highest BCUT2D eigenvalue weighted by Crippen LogP contribution is 2.34. The minimum absolute atomic E-state index is 0.252. The smallest absolute Gasteiger partial charge is 0.265 e. The van der Waals surface area contributed by atoms with Crippen LogP contribution in [0, 0.1) is 13.8 Å². The maximum atomic E-state index is 13.3. The molecule has 0 fully saturated rings. The summed E-state index contributed by atoms with van der Waals surface area (Å²) in [5.74, 6) is 0.519. The Labute approximate surface area is 164 Å². The fourth-order valence-electron chi connectivity index (χ4n) is 3.21. The van der Waals surface area contributed by atoms with E-state index in [0.29, 0.717) is 17.2 Å². The summed E-state index contributed by atoms with van der Waals surface area (Å²) in [6.07, 6.45) is 1.91. The lowest BCUT2D eigenvalue weighted by Crippen LogP contribution is -2.28. The Morgan fingerprint density at radius 3 is 2.18 bits per heavy atom. The third-order valence-electron chi connectivity index (χ3n) is 4.77. The topological polar surface area (TPSA) is 54.7 Å². The van der Waals surface area contributed by atoms with E-state index in [2.05, 4.69) is 0 Å². The molecule has 6 heteroatoms. The maximum absolute atomic E-state index is 13.3. The Morgan fingerprint density at radius 2 is 1.50 bits per heavy atom. The molecule has 0 saturated carbocycles. The molecule has 0 aliphatic rings. The average molecular weight is 391 g/mol. The van der Waals surface area contributed by atoms with Crippen molar-refractivity contribution in [1.82, 2.24) is 9.38 Å². The zero-order valence-electron chi connectivity index (χ0n) is 16.0. The van der Waals surface area contributed by atoms with Crippen molar-refractivity contribution >= 4 is 21.5 Å². The van der Waals surface area contributed by atoms with Gasteiger partial charge in [-0.3, -0.25) is 8.71 Å². The van der Waals surface area contributed by atoms with E-state index in [1.165, 1.54) is 4.31 Å². The van der Waals surface area contributed by atoms with Crippen molar-refractivity contribution in [3.05, 3.63) is 84.1 Å². The van der Waals surface area contributed by atoms with Gasteiger partial charge in [0.1, 0.15) is 11.3 Å². The Morgan fingerprint density at radius 1 is 0.857 bits per heavy atom. The average Bonchev–Trinajstić information content (AvgIpc) is 3.06. The van der Waals surface area contributed by atoms with Crippen LogP contribution in [0.2, 0.25) is 0 Å². The second-order valence-corrected chi connectivity index (χ2v) is 8.84. The van der Waals surface area contributed by atoms with Crippen molar-refractivity contribution in [2.24, 2.45) is 0 Å². The van der Waals surface area contributed by atoms with Crippen molar-refractivity contribution in [3.63, 3.8) is 0 Å². The molecule has 4 rings (SSSR count). The monoisotopic (exact) mass is 391 g/mol. The van der Waals surface area contributed by atoms with Crippen LogP contribution in [0.5, 0.6) is 0 Å². The maximum Gasteiger partial charge on any atom is 0.265 e. The van der Waals surface area contributed by atoms with E-state index in [9.17, 15) is 8.42 Å². The molecule has 0 radical (unpaired) electrons. The van der Waals surface area contributed by atoms with Gasteiger partial charge in [-0.15, -0.1) is 0 Å². The zero-order valence-corrected chi connectivity index (χ0v) is 16.8. The molecule has 0 saturated heterocycles. The van der Waals surface area contributed by atoms with E-state index < -0.39 is 10.0 Å². The van der Waals surface area contributed by atoms with E-state index in [0.717, 1.165) is 16.7 Å². The number of imidazole rings is 1. The van der Waals surface area contributed by atoms with Crippen LogP contribution in [-0.2, 0) is 10.0 Å². The Hall–Kier alpha value is -3.12. The molecule has 2 aromatic heterocycles. The standard InChI is InChI=1S/C22H21N3O2S/c1-16-9-12-19(13-10-16)28(26,27)24(3)22-21(18-7-5-4-6-8-18)23-20-14-11-17(2)15-25(20)22/h4-15H,1-3H3. The van der Waals surface area contributed by atoms with Crippen molar-refractivity contribution < 1.29 is 8.42 Å². The van der Waals surface area contributed by atoms with Crippen LogP contribution in [-0.4, -0.2) is 24.9 Å². The van der Waals surface area contributed by atoms with Gasteiger partial charge in [-0.1, -0.05) is 54.1 Å². The van der Waals surface area contributed by atoms with Gasteiger partial charge in [0.2, 0.25) is 0 Å². The van der Waals surface area contributed by atoms with Crippen LogP contribution in [0.15, 0.2) is 77.8 Å². The number of benzene rings is 2. The number of aryl methyl sites for hydroxylation is 2. The molecule has 28 heavy (non-hydrogen) atoms. The Bertz CT molecular complexity index is 1240. The number of aromatic nitrogens is 2. The van der Waals surface area contributed by atoms with E-state index >= 15 is 0 Å². The zero-order chi connectivity index (χ0) is 19.9. The molecule has 142 valence electrons. The summed E-state index contributed by atoms with van der Waals surface area (Å²) < 4.78 is 29.8. The van der Waals surface area contributed by atoms with Gasteiger partial charge in [0.05, 0.1) is 4.90 Å². The molecule has 0 bridgehead atoms. The first-order valence-corrected chi connectivity index (χ1v) is 10.4. The van der Waals surface area contributed by atoms with Crippen LogP contribution < -0.4 is 4.31 Å². The van der Waals surface area contributed by atoms with Gasteiger partial charge in [0, 0.05) is 18.8 Å². The Balaban J connectivity index is 1.96. The molecule has 0 spiro atoms. The molecular weight excluding hydrogens is 370 g/mol. The summed E-state index contributed by atoms with van der Waals surface area (Å²) in [6.45, 7) is 3.90. The van der Waals surface area contributed by atoms with Gasteiger partial charge in [-0.2, -0.15) is 0 Å². The SMILES string of the molecule is Cc1ccc(S(=O)(=O)N(C)c2c(-c3ccccc3)nc3ccc(C)cn23)cc1. The molecule has 0 N–H and O–H groups in total. The van der Waals surface area contributed by atoms with Gasteiger partial charge in [-0.05, 0) is 37.6 Å². The largest absolute Gasteiger partial charge is 0.285 e. The number of fused-ring (bicyclic) bond motifs is 1. The van der Waals surface area contributed by atoms with Crippen molar-refractivity contribution in [2.75, 3.05) is 11.4 Å². The van der Waals surface area contributed by atoms with Gasteiger partial charge < -0.3 is 0 Å². The second-order valence-electron chi connectivity index (χ2n) is 6.87. The minimum Gasteiger partial charge on any atom is -0.285 e. The molecular formula is C22H21N3O2S. The quantitative estimate of drug-likeness (QED) is 0.517. The van der Waals surface area contributed by atoms with E-state index in [-0.39, 0.29) is 4.90 Å². The molecule has 4 aromatic rings. The number of anilines is 1. The lowest BCUT2D eigenvalue weighted by atomic mass is 10.1. The summed E-state index contributed by atoms with van der Waals surface area (Å²) in [6, 6.07) is 20.4.